The number of aryl methyl sites for hydroxylation is 1. The summed E-state index contributed by atoms with van der Waals surface area (Å²) in [6.07, 6.45) is 6.65. The molecule has 0 bridgehead atoms. The quantitative estimate of drug-likeness (QED) is 0.922. The first kappa shape index (κ1) is 15.7. The van der Waals surface area contributed by atoms with Crippen molar-refractivity contribution in [2.24, 2.45) is 13.0 Å². The Morgan fingerprint density at radius 2 is 1.79 bits per heavy atom. The van der Waals surface area contributed by atoms with Crippen LogP contribution in [-0.2, 0) is 11.8 Å². The van der Waals surface area contributed by atoms with Gasteiger partial charge in [-0.1, -0.05) is 18.2 Å². The molecule has 1 aromatic heterocycles. The van der Waals surface area contributed by atoms with Crippen molar-refractivity contribution in [2.75, 3.05) is 26.2 Å². The Morgan fingerprint density at radius 1 is 1.08 bits per heavy atom. The van der Waals surface area contributed by atoms with Gasteiger partial charge in [-0.2, -0.15) is 0 Å². The SMILES string of the molecule is Cn1cc(C2CCC(C(=O)N3CCNCC3)CC2)c2ccccc21. The normalized spacial score (nSPS) is 25.1. The molecule has 1 aromatic carbocycles. The second-order valence-electron chi connectivity index (χ2n) is 7.34. The Hall–Kier alpha value is -1.81. The van der Waals surface area contributed by atoms with E-state index in [2.05, 4.69) is 52.3 Å². The molecule has 0 unspecified atom stereocenters. The highest BCUT2D eigenvalue weighted by molar-refractivity contribution is 5.84. The minimum absolute atomic E-state index is 0.245. The first-order chi connectivity index (χ1) is 11.7. The van der Waals surface area contributed by atoms with Gasteiger partial charge in [0.05, 0.1) is 0 Å². The molecule has 2 aromatic rings. The van der Waals surface area contributed by atoms with Gasteiger partial charge in [-0.25, -0.2) is 0 Å². The van der Waals surface area contributed by atoms with E-state index in [-0.39, 0.29) is 5.92 Å². The number of hydrogen-bond acceptors (Lipinski definition) is 2. The van der Waals surface area contributed by atoms with E-state index in [1.807, 2.05) is 0 Å². The number of piperazine rings is 1. The highest BCUT2D eigenvalue weighted by Gasteiger charge is 2.31. The molecule has 2 aliphatic rings. The number of fused-ring (bicyclic) bond motifs is 1. The van der Waals surface area contributed by atoms with E-state index in [9.17, 15) is 4.79 Å². The molecule has 0 radical (unpaired) electrons. The molecule has 2 fully saturated rings. The van der Waals surface area contributed by atoms with Crippen LogP contribution in [0, 0.1) is 5.92 Å². The monoisotopic (exact) mass is 325 g/mol. The molecule has 0 atom stereocenters. The van der Waals surface area contributed by atoms with Crippen molar-refractivity contribution in [3.63, 3.8) is 0 Å². The number of nitrogens with one attached hydrogen (secondary N) is 1. The summed E-state index contributed by atoms with van der Waals surface area (Å²) in [6.45, 7) is 3.64. The number of aromatic nitrogens is 1. The molecule has 1 aliphatic heterocycles. The largest absolute Gasteiger partial charge is 0.350 e. The van der Waals surface area contributed by atoms with Crippen LogP contribution >= 0.6 is 0 Å². The zero-order valence-electron chi connectivity index (χ0n) is 14.5. The van der Waals surface area contributed by atoms with Crippen LogP contribution in [0.2, 0.25) is 0 Å². The van der Waals surface area contributed by atoms with Crippen LogP contribution in [0.15, 0.2) is 30.5 Å². The molecular weight excluding hydrogens is 298 g/mol. The van der Waals surface area contributed by atoms with Gasteiger partial charge in [0, 0.05) is 56.2 Å². The third-order valence-electron chi connectivity index (χ3n) is 5.87. The molecule has 1 amide bonds. The van der Waals surface area contributed by atoms with Crippen molar-refractivity contribution in [1.82, 2.24) is 14.8 Å². The number of nitrogens with zero attached hydrogens (tertiary/aromatic N) is 2. The van der Waals surface area contributed by atoms with Gasteiger partial charge in [-0.15, -0.1) is 0 Å². The van der Waals surface area contributed by atoms with Crippen molar-refractivity contribution in [2.45, 2.75) is 31.6 Å². The molecule has 128 valence electrons. The zero-order chi connectivity index (χ0) is 16.5. The molecular formula is C20H27N3O. The van der Waals surface area contributed by atoms with Crippen molar-refractivity contribution in [3.05, 3.63) is 36.0 Å². The maximum atomic E-state index is 12.7. The number of carbonyl (C=O) groups is 1. The summed E-state index contributed by atoms with van der Waals surface area (Å²) in [5, 5.41) is 4.71. The van der Waals surface area contributed by atoms with E-state index in [0.717, 1.165) is 51.9 Å². The zero-order valence-corrected chi connectivity index (χ0v) is 14.5. The second-order valence-corrected chi connectivity index (χ2v) is 7.34. The summed E-state index contributed by atoms with van der Waals surface area (Å²) in [6, 6.07) is 8.67. The van der Waals surface area contributed by atoms with Gasteiger partial charge < -0.3 is 14.8 Å². The van der Waals surface area contributed by atoms with Crippen molar-refractivity contribution < 1.29 is 4.79 Å². The van der Waals surface area contributed by atoms with E-state index in [1.54, 1.807) is 0 Å². The fourth-order valence-electron chi connectivity index (χ4n) is 4.49. The summed E-state index contributed by atoms with van der Waals surface area (Å²) in [5.74, 6) is 1.24. The van der Waals surface area contributed by atoms with Crippen LogP contribution in [0.3, 0.4) is 0 Å². The van der Waals surface area contributed by atoms with Gasteiger partial charge >= 0.3 is 0 Å². The Morgan fingerprint density at radius 3 is 2.54 bits per heavy atom. The van der Waals surface area contributed by atoms with Crippen LogP contribution in [-0.4, -0.2) is 41.6 Å². The molecule has 24 heavy (non-hydrogen) atoms. The lowest BCUT2D eigenvalue weighted by Crippen LogP contribution is -2.48. The van der Waals surface area contributed by atoms with Crippen molar-refractivity contribution in [1.29, 1.82) is 0 Å². The average Bonchev–Trinajstić information content (AvgIpc) is 2.99. The molecule has 1 saturated carbocycles. The van der Waals surface area contributed by atoms with Crippen molar-refractivity contribution >= 4 is 16.8 Å². The number of benzene rings is 1. The minimum atomic E-state index is 0.245. The standard InChI is InChI=1S/C20H27N3O/c1-22-14-18(17-4-2-3-5-19(17)22)15-6-8-16(9-7-15)20(24)23-12-10-21-11-13-23/h2-5,14-16,21H,6-13H2,1H3. The van der Waals surface area contributed by atoms with E-state index < -0.39 is 0 Å². The average molecular weight is 325 g/mol. The van der Waals surface area contributed by atoms with Crippen LogP contribution < -0.4 is 5.32 Å². The predicted molar refractivity (Wildman–Crippen MR) is 97.1 cm³/mol. The first-order valence-corrected chi connectivity index (χ1v) is 9.27. The van der Waals surface area contributed by atoms with Crippen LogP contribution in [0.5, 0.6) is 0 Å². The summed E-state index contributed by atoms with van der Waals surface area (Å²) in [4.78, 5) is 14.8. The Bertz CT molecular complexity index is 722. The lowest BCUT2D eigenvalue weighted by atomic mass is 9.78. The smallest absolute Gasteiger partial charge is 0.225 e. The molecule has 0 spiro atoms. The Kier molecular flexibility index (Phi) is 4.31. The topological polar surface area (TPSA) is 37.3 Å². The van der Waals surface area contributed by atoms with Gasteiger partial charge in [0.25, 0.3) is 0 Å². The Labute approximate surface area is 143 Å². The van der Waals surface area contributed by atoms with E-state index in [4.69, 9.17) is 0 Å². The number of hydrogen-bond donors (Lipinski definition) is 1. The Balaban J connectivity index is 1.45. The van der Waals surface area contributed by atoms with E-state index >= 15 is 0 Å². The lowest BCUT2D eigenvalue weighted by molar-refractivity contribution is -0.137. The maximum Gasteiger partial charge on any atom is 0.225 e. The van der Waals surface area contributed by atoms with Crippen LogP contribution in [0.25, 0.3) is 10.9 Å². The second kappa shape index (κ2) is 6.60. The molecule has 1 N–H and O–H groups in total. The fraction of sp³-hybridized carbons (Fsp3) is 0.550. The molecule has 1 aliphatic carbocycles. The number of carbonyl (C=O) groups excluding carboxylic acids is 1. The highest BCUT2D eigenvalue weighted by Crippen LogP contribution is 2.39. The van der Waals surface area contributed by atoms with Gasteiger partial charge in [0.15, 0.2) is 0 Å². The van der Waals surface area contributed by atoms with Crippen LogP contribution in [0.1, 0.15) is 37.2 Å². The predicted octanol–water partition coefficient (Wildman–Crippen LogP) is 2.88. The van der Waals surface area contributed by atoms with Crippen molar-refractivity contribution in [3.8, 4) is 0 Å². The lowest BCUT2D eigenvalue weighted by Gasteiger charge is -2.34. The number of amides is 1. The molecule has 2 heterocycles. The number of rotatable bonds is 2. The summed E-state index contributed by atoms with van der Waals surface area (Å²) < 4.78 is 2.24. The summed E-state index contributed by atoms with van der Waals surface area (Å²) in [7, 11) is 2.13. The van der Waals surface area contributed by atoms with Gasteiger partial charge in [0.1, 0.15) is 0 Å². The molecule has 4 rings (SSSR count). The summed E-state index contributed by atoms with van der Waals surface area (Å²) >= 11 is 0. The van der Waals surface area contributed by atoms with Gasteiger partial charge in [0.2, 0.25) is 5.91 Å². The fourth-order valence-corrected chi connectivity index (χ4v) is 4.49. The minimum Gasteiger partial charge on any atom is -0.350 e. The molecule has 1 saturated heterocycles. The van der Waals surface area contributed by atoms with Crippen LogP contribution in [0.4, 0.5) is 0 Å². The maximum absolute atomic E-state index is 12.7. The van der Waals surface area contributed by atoms with Gasteiger partial charge in [-0.05, 0) is 43.2 Å². The third-order valence-corrected chi connectivity index (χ3v) is 5.87. The van der Waals surface area contributed by atoms with E-state index in [0.29, 0.717) is 11.8 Å². The number of para-hydroxylation sites is 1. The van der Waals surface area contributed by atoms with Gasteiger partial charge in [-0.3, -0.25) is 4.79 Å². The molecule has 4 heteroatoms. The summed E-state index contributed by atoms with van der Waals surface area (Å²) in [5.41, 5.74) is 2.78. The molecule has 4 nitrogen and oxygen atoms in total. The third kappa shape index (κ3) is 2.84. The van der Waals surface area contributed by atoms with E-state index in [1.165, 1.54) is 16.5 Å². The highest BCUT2D eigenvalue weighted by atomic mass is 16.2. The first-order valence-electron chi connectivity index (χ1n) is 9.27.